The Morgan fingerprint density at radius 3 is 1.89 bits per heavy atom. The van der Waals surface area contributed by atoms with Crippen LogP contribution in [0.25, 0.3) is 0 Å². The molecule has 1 fully saturated rings. The highest BCUT2D eigenvalue weighted by molar-refractivity contribution is 5.95. The molecule has 1 radical (unpaired) electrons. The molecule has 3 aromatic carbocycles. The molecule has 12 heteroatoms. The fourth-order valence-electron chi connectivity index (χ4n) is 8.84. The van der Waals surface area contributed by atoms with E-state index < -0.39 is 0 Å². The molecule has 1 unspecified atom stereocenters. The van der Waals surface area contributed by atoms with Crippen molar-refractivity contribution in [2.45, 2.75) is 57.9 Å². The maximum Gasteiger partial charge on any atom is 0.270 e. The highest BCUT2D eigenvalue weighted by Gasteiger charge is 2.52. The second-order valence-electron chi connectivity index (χ2n) is 15.9. The van der Waals surface area contributed by atoms with Crippen LogP contribution < -0.4 is 4.90 Å². The lowest BCUT2D eigenvalue weighted by atomic mass is 9.79. The number of nitro groups is 1. The number of quaternary nitrogens is 1. The van der Waals surface area contributed by atoms with Crippen molar-refractivity contribution in [3.63, 3.8) is 0 Å². The number of phenolic OH excluding ortho intramolecular Hbond substituents is 1. The smallest absolute Gasteiger partial charge is 0.270 e. The Balaban J connectivity index is 1.07. The van der Waals surface area contributed by atoms with Gasteiger partial charge in [0.25, 0.3) is 5.69 Å². The Kier molecular flexibility index (Phi) is 13.4. The molecule has 297 valence electrons. The van der Waals surface area contributed by atoms with Gasteiger partial charge < -0.3 is 24.1 Å². The number of phenols is 1. The average molecular weight is 759 g/mol. The molecule has 0 bridgehead atoms. The monoisotopic (exact) mass is 758 g/mol. The topological polar surface area (TPSA) is 114 Å². The third-order valence-electron chi connectivity index (χ3n) is 11.7. The van der Waals surface area contributed by atoms with Gasteiger partial charge in [0.15, 0.2) is 5.71 Å². The molecule has 3 aromatic rings. The number of nitro benzene ring substituents is 1. The number of para-hydroxylation sites is 2. The Hall–Kier alpha value is -3.75. The maximum atomic E-state index is 12.1. The summed E-state index contributed by atoms with van der Waals surface area (Å²) in [6, 6.07) is 20.1. The Labute approximate surface area is 326 Å². The normalized spacial score (nSPS) is 22.2. The minimum absolute atomic E-state index is 0.0237. The van der Waals surface area contributed by atoms with Crippen molar-refractivity contribution in [3.05, 3.63) is 99.2 Å². The number of aryl methyl sites for hydroxylation is 1. The highest BCUT2D eigenvalue weighted by atomic mass is 16.6. The van der Waals surface area contributed by atoms with E-state index in [4.69, 9.17) is 18.9 Å². The molecule has 0 amide bonds. The summed E-state index contributed by atoms with van der Waals surface area (Å²) >= 11 is 0. The molecule has 0 aliphatic carbocycles. The molecule has 3 aliphatic heterocycles. The van der Waals surface area contributed by atoms with Gasteiger partial charge in [-0.2, -0.15) is 0 Å². The van der Waals surface area contributed by atoms with Crippen molar-refractivity contribution >= 4 is 22.8 Å². The van der Waals surface area contributed by atoms with Crippen LogP contribution in [-0.4, -0.2) is 123 Å². The lowest BCUT2D eigenvalue weighted by Crippen LogP contribution is -3.06. The number of non-ortho nitro benzene ring substituents is 1. The van der Waals surface area contributed by atoms with Crippen LogP contribution in [0.5, 0.6) is 5.75 Å². The summed E-state index contributed by atoms with van der Waals surface area (Å²) in [5, 5.41) is 23.6. The van der Waals surface area contributed by atoms with Crippen LogP contribution in [0.15, 0.2) is 60.7 Å². The van der Waals surface area contributed by atoms with E-state index in [1.165, 1.54) is 51.4 Å². The van der Waals surface area contributed by atoms with Gasteiger partial charge in [-0.25, -0.2) is 9.48 Å². The van der Waals surface area contributed by atoms with E-state index in [9.17, 15) is 15.2 Å². The van der Waals surface area contributed by atoms with E-state index in [0.29, 0.717) is 96.5 Å². The number of fused-ring (bicyclic) bond motifs is 2. The van der Waals surface area contributed by atoms with Crippen LogP contribution in [0.2, 0.25) is 0 Å². The number of likely N-dealkylation sites (N-methyl/N-ethyl adjacent to an activating group) is 1. The van der Waals surface area contributed by atoms with Gasteiger partial charge in [-0.3, -0.25) is 19.9 Å². The van der Waals surface area contributed by atoms with Gasteiger partial charge in [0, 0.05) is 79.6 Å². The van der Waals surface area contributed by atoms with Crippen molar-refractivity contribution in [1.82, 2.24) is 9.80 Å². The molecule has 1 atom stereocenters. The first-order chi connectivity index (χ1) is 26.4. The summed E-state index contributed by atoms with van der Waals surface area (Å²) in [4.78, 5) is 17.5. The van der Waals surface area contributed by atoms with Gasteiger partial charge in [-0.15, -0.1) is 0 Å². The zero-order valence-corrected chi connectivity index (χ0v) is 33.6. The maximum absolute atomic E-state index is 12.1. The quantitative estimate of drug-likeness (QED) is 0.200. The molecule has 1 saturated heterocycles. The second-order valence-corrected chi connectivity index (χ2v) is 15.9. The fraction of sp³-hybridized carbons (Fsp3) is 0.535. The fourth-order valence-corrected chi connectivity index (χ4v) is 8.84. The van der Waals surface area contributed by atoms with Crippen LogP contribution in [0.3, 0.4) is 0 Å². The van der Waals surface area contributed by atoms with Crippen LogP contribution in [0.4, 0.5) is 17.1 Å². The minimum Gasteiger partial charge on any atom is -0.507 e. The first-order valence-corrected chi connectivity index (χ1v) is 19.7. The van der Waals surface area contributed by atoms with Gasteiger partial charge >= 0.3 is 0 Å². The predicted molar refractivity (Wildman–Crippen MR) is 213 cm³/mol. The SMILES string of the molecule is C[N+]1=C(CCc2cc([N+](=O)[O-])cc(CN3CCOCCOCCN([C]4[NH+](C)c5ccccc5C4(C)C)CCOCCOCC3)c2O)C(C)(C)c2ccccc21. The summed E-state index contributed by atoms with van der Waals surface area (Å²) < 4.78 is 26.4. The van der Waals surface area contributed by atoms with Gasteiger partial charge in [0.05, 0.1) is 75.7 Å². The highest BCUT2D eigenvalue weighted by Crippen LogP contribution is 2.42. The van der Waals surface area contributed by atoms with E-state index in [1.807, 2.05) is 6.07 Å². The average Bonchev–Trinajstić information content (AvgIpc) is 3.49. The number of hydrogen-bond donors (Lipinski definition) is 2. The molecule has 2 N–H and O–H groups in total. The van der Waals surface area contributed by atoms with Crippen LogP contribution in [-0.2, 0) is 42.7 Å². The lowest BCUT2D eigenvalue weighted by Gasteiger charge is -2.35. The Morgan fingerprint density at radius 2 is 1.31 bits per heavy atom. The number of nitrogens with zero attached hydrogens (tertiary/aromatic N) is 4. The Morgan fingerprint density at radius 1 is 0.764 bits per heavy atom. The molecule has 0 saturated carbocycles. The predicted octanol–water partition coefficient (Wildman–Crippen LogP) is 4.75. The van der Waals surface area contributed by atoms with Gasteiger partial charge in [0.1, 0.15) is 18.5 Å². The van der Waals surface area contributed by atoms with Crippen molar-refractivity contribution in [2.24, 2.45) is 0 Å². The molecule has 6 rings (SSSR count). The summed E-state index contributed by atoms with van der Waals surface area (Å²) in [6.07, 6.45) is 2.45. The zero-order chi connectivity index (χ0) is 39.2. The molecule has 0 aromatic heterocycles. The summed E-state index contributed by atoms with van der Waals surface area (Å²) in [5.74, 6) is 0.107. The number of rotatable bonds is 7. The molecule has 0 spiro atoms. The van der Waals surface area contributed by atoms with Crippen molar-refractivity contribution < 1.29 is 38.5 Å². The summed E-state index contributed by atoms with van der Waals surface area (Å²) in [6.45, 7) is 15.8. The standard InChI is InChI=1S/C43H59N5O7/c1-42(2)35-11-7-9-13-37(35)44(5)39(42)16-15-32-29-34(48(50)51)30-33(40(32)49)31-46-17-21-52-25-27-54-23-19-47(20-24-55-28-26-53-22-18-46)41-43(3,4)36-12-8-10-14-38(36)45(41)6/h7-14,29-30,45H,15-28,31H2,1-6H3/q+1/p+1. The van der Waals surface area contributed by atoms with E-state index >= 15 is 0 Å². The van der Waals surface area contributed by atoms with Crippen molar-refractivity contribution in [3.8, 4) is 5.75 Å². The van der Waals surface area contributed by atoms with Crippen molar-refractivity contribution in [1.29, 1.82) is 0 Å². The molecule has 3 aliphatic rings. The zero-order valence-electron chi connectivity index (χ0n) is 33.6. The molecule has 55 heavy (non-hydrogen) atoms. The van der Waals surface area contributed by atoms with Crippen molar-refractivity contribution in [2.75, 3.05) is 93.1 Å². The number of ether oxygens (including phenoxy) is 4. The number of nitrogens with one attached hydrogen (secondary N) is 1. The van der Waals surface area contributed by atoms with Gasteiger partial charge in [-0.05, 0) is 40.2 Å². The van der Waals surface area contributed by atoms with E-state index in [1.54, 1.807) is 0 Å². The van der Waals surface area contributed by atoms with Crippen LogP contribution in [0, 0.1) is 16.3 Å². The van der Waals surface area contributed by atoms with Crippen LogP contribution in [0.1, 0.15) is 56.4 Å². The largest absolute Gasteiger partial charge is 0.507 e. The lowest BCUT2D eigenvalue weighted by molar-refractivity contribution is -0.807. The molecular formula is C43H60N5O7+2. The molecular weight excluding hydrogens is 699 g/mol. The molecule has 12 nitrogen and oxygen atoms in total. The van der Waals surface area contributed by atoms with Gasteiger partial charge in [-0.1, -0.05) is 36.4 Å². The molecule has 3 heterocycles. The van der Waals surface area contributed by atoms with E-state index in [-0.39, 0.29) is 27.2 Å². The summed E-state index contributed by atoms with van der Waals surface area (Å²) in [5.41, 5.74) is 7.07. The second kappa shape index (κ2) is 18.0. The first kappa shape index (κ1) is 40.9. The van der Waals surface area contributed by atoms with Gasteiger partial charge in [0.2, 0.25) is 11.9 Å². The number of benzene rings is 3. The third kappa shape index (κ3) is 9.12. The third-order valence-corrected chi connectivity index (χ3v) is 11.7. The van der Waals surface area contributed by atoms with Crippen LogP contribution >= 0.6 is 0 Å². The number of aromatic hydroxyl groups is 1. The van der Waals surface area contributed by atoms with E-state index in [2.05, 4.69) is 98.6 Å². The minimum atomic E-state index is -0.378. The summed E-state index contributed by atoms with van der Waals surface area (Å²) in [7, 11) is 4.29. The van der Waals surface area contributed by atoms with E-state index in [0.717, 1.165) is 13.1 Å². The number of hydrogen-bond acceptors (Lipinski definition) is 9. The Bertz CT molecular complexity index is 1810. The first-order valence-electron chi connectivity index (χ1n) is 19.7.